The molecular formula is C11H13N3O2. The van der Waals surface area contributed by atoms with Gasteiger partial charge in [0.05, 0.1) is 11.9 Å². The number of allylic oxidation sites excluding steroid dienone is 3. The number of aliphatic imine (C=N–C) groups is 1. The van der Waals surface area contributed by atoms with Gasteiger partial charge in [-0.15, -0.1) is 0 Å². The largest absolute Gasteiger partial charge is 0.332 e. The Morgan fingerprint density at radius 3 is 2.75 bits per heavy atom. The Bertz CT molecular complexity index is 561. The fourth-order valence-corrected chi connectivity index (χ4v) is 1.20. The summed E-state index contributed by atoms with van der Waals surface area (Å²) in [5, 5.41) is 0. The molecule has 0 aliphatic heterocycles. The van der Waals surface area contributed by atoms with Gasteiger partial charge in [0.1, 0.15) is 0 Å². The van der Waals surface area contributed by atoms with Crippen molar-refractivity contribution in [3.63, 3.8) is 0 Å². The van der Waals surface area contributed by atoms with Crippen LogP contribution in [0.4, 0.5) is 0 Å². The Kier molecular flexibility index (Phi) is 3.77. The van der Waals surface area contributed by atoms with Crippen molar-refractivity contribution in [2.45, 2.75) is 13.8 Å². The third kappa shape index (κ3) is 2.44. The summed E-state index contributed by atoms with van der Waals surface area (Å²) in [6, 6.07) is 1.28. The molecule has 1 heterocycles. The van der Waals surface area contributed by atoms with Crippen LogP contribution in [0.15, 0.2) is 44.7 Å². The fraction of sp³-hybridized carbons (Fsp3) is 0.182. The van der Waals surface area contributed by atoms with Gasteiger partial charge in [-0.05, 0) is 26.1 Å². The van der Waals surface area contributed by atoms with E-state index in [1.807, 2.05) is 19.9 Å². The fourth-order valence-electron chi connectivity index (χ4n) is 1.20. The number of H-pyrrole nitrogens is 1. The van der Waals surface area contributed by atoms with Crippen LogP contribution in [-0.4, -0.2) is 16.3 Å². The van der Waals surface area contributed by atoms with Crippen molar-refractivity contribution in [2.24, 2.45) is 4.99 Å². The maximum atomic E-state index is 11.6. The van der Waals surface area contributed by atoms with E-state index in [4.69, 9.17) is 0 Å². The van der Waals surface area contributed by atoms with Gasteiger partial charge in [-0.3, -0.25) is 19.3 Å². The van der Waals surface area contributed by atoms with Crippen molar-refractivity contribution in [1.82, 2.24) is 9.55 Å². The second-order valence-corrected chi connectivity index (χ2v) is 3.15. The van der Waals surface area contributed by atoms with Crippen LogP contribution >= 0.6 is 0 Å². The van der Waals surface area contributed by atoms with Gasteiger partial charge < -0.3 is 0 Å². The van der Waals surface area contributed by atoms with Gasteiger partial charge in [-0.25, -0.2) is 4.79 Å². The number of aromatic amines is 1. The van der Waals surface area contributed by atoms with Crippen LogP contribution < -0.4 is 11.2 Å². The van der Waals surface area contributed by atoms with Crippen molar-refractivity contribution in [2.75, 3.05) is 0 Å². The van der Waals surface area contributed by atoms with Crippen molar-refractivity contribution in [1.29, 1.82) is 0 Å². The first-order valence-corrected chi connectivity index (χ1v) is 4.71. The minimum Gasteiger partial charge on any atom is -0.274 e. The first-order valence-electron chi connectivity index (χ1n) is 4.71. The van der Waals surface area contributed by atoms with Crippen LogP contribution in [0.5, 0.6) is 0 Å². The molecule has 1 aromatic rings. The number of rotatable bonds is 3. The van der Waals surface area contributed by atoms with E-state index >= 15 is 0 Å². The average molecular weight is 219 g/mol. The molecule has 5 nitrogen and oxygen atoms in total. The Morgan fingerprint density at radius 2 is 2.25 bits per heavy atom. The molecule has 0 aliphatic rings. The predicted octanol–water partition coefficient (Wildman–Crippen LogP) is 1.00. The average Bonchev–Trinajstić information content (AvgIpc) is 2.26. The third-order valence-corrected chi connectivity index (χ3v) is 2.13. The molecule has 84 valence electrons. The lowest BCUT2D eigenvalue weighted by Gasteiger charge is -2.08. The quantitative estimate of drug-likeness (QED) is 0.608. The molecule has 0 unspecified atom stereocenters. The summed E-state index contributed by atoms with van der Waals surface area (Å²) in [5.74, 6) is 0. The Balaban J connectivity index is 3.45. The monoisotopic (exact) mass is 219 g/mol. The van der Waals surface area contributed by atoms with E-state index in [0.717, 1.165) is 5.57 Å². The standard InChI is InChI=1S/C11H13N3O2/c1-4-8(2)9(7-12-3)14-6-5-10(15)13-11(14)16/h4-7H,3H2,1-2H3,(H,13,15,16)/b8-4-,9-7+. The maximum Gasteiger partial charge on any atom is 0.332 e. The zero-order valence-corrected chi connectivity index (χ0v) is 9.23. The minimum atomic E-state index is -0.497. The van der Waals surface area contributed by atoms with Gasteiger partial charge in [0.25, 0.3) is 5.56 Å². The van der Waals surface area contributed by atoms with E-state index in [2.05, 4.69) is 16.7 Å². The number of nitrogens with zero attached hydrogens (tertiary/aromatic N) is 2. The highest BCUT2D eigenvalue weighted by Gasteiger charge is 2.04. The molecule has 1 N–H and O–H groups in total. The minimum absolute atomic E-state index is 0.426. The topological polar surface area (TPSA) is 67.2 Å². The molecule has 0 spiro atoms. The lowest BCUT2D eigenvalue weighted by Crippen LogP contribution is -2.28. The lowest BCUT2D eigenvalue weighted by molar-refractivity contribution is 0.909. The maximum absolute atomic E-state index is 11.6. The zero-order chi connectivity index (χ0) is 12.1. The van der Waals surface area contributed by atoms with Crippen LogP contribution in [0.2, 0.25) is 0 Å². The first-order chi connectivity index (χ1) is 7.60. The molecule has 1 aromatic heterocycles. The molecule has 16 heavy (non-hydrogen) atoms. The van der Waals surface area contributed by atoms with Crippen molar-refractivity contribution in [3.05, 3.63) is 51.0 Å². The second-order valence-electron chi connectivity index (χ2n) is 3.15. The second kappa shape index (κ2) is 5.06. The summed E-state index contributed by atoms with van der Waals surface area (Å²) in [4.78, 5) is 28.3. The van der Waals surface area contributed by atoms with Crippen LogP contribution in [0.3, 0.4) is 0 Å². The predicted molar refractivity (Wildman–Crippen MR) is 64.6 cm³/mol. The molecule has 5 heteroatoms. The van der Waals surface area contributed by atoms with Gasteiger partial charge >= 0.3 is 5.69 Å². The van der Waals surface area contributed by atoms with Crippen molar-refractivity contribution < 1.29 is 0 Å². The van der Waals surface area contributed by atoms with Gasteiger partial charge in [0, 0.05) is 12.3 Å². The highest BCUT2D eigenvalue weighted by molar-refractivity contribution is 5.63. The Morgan fingerprint density at radius 1 is 1.56 bits per heavy atom. The molecule has 0 atom stereocenters. The summed E-state index contributed by atoms with van der Waals surface area (Å²) < 4.78 is 1.31. The smallest absolute Gasteiger partial charge is 0.274 e. The van der Waals surface area contributed by atoms with Crippen molar-refractivity contribution in [3.8, 4) is 0 Å². The van der Waals surface area contributed by atoms with Gasteiger partial charge in [0.15, 0.2) is 0 Å². The molecule has 0 radical (unpaired) electrons. The van der Waals surface area contributed by atoms with Crippen LogP contribution in [-0.2, 0) is 0 Å². The molecule has 0 saturated carbocycles. The summed E-state index contributed by atoms with van der Waals surface area (Å²) in [6.07, 6.45) is 4.72. The van der Waals surface area contributed by atoms with Gasteiger partial charge in [-0.2, -0.15) is 0 Å². The number of aromatic nitrogens is 2. The lowest BCUT2D eigenvalue weighted by atomic mass is 10.2. The van der Waals surface area contributed by atoms with E-state index < -0.39 is 11.2 Å². The summed E-state index contributed by atoms with van der Waals surface area (Å²) in [6.45, 7) is 7.04. The molecule has 1 rings (SSSR count). The summed E-state index contributed by atoms with van der Waals surface area (Å²) in [7, 11) is 0. The molecule has 0 aliphatic carbocycles. The molecule has 0 amide bonds. The zero-order valence-electron chi connectivity index (χ0n) is 9.23. The van der Waals surface area contributed by atoms with E-state index in [9.17, 15) is 9.59 Å². The summed E-state index contributed by atoms with van der Waals surface area (Å²) in [5.41, 5.74) is 0.522. The molecule has 0 saturated heterocycles. The SMILES string of the molecule is C=N/C=C(\C(C)=C/C)n1ccc(=O)[nH]c1=O. The number of hydrogen-bond acceptors (Lipinski definition) is 3. The molecule has 0 fully saturated rings. The van der Waals surface area contributed by atoms with E-state index in [1.165, 1.54) is 23.0 Å². The normalized spacial score (nSPS) is 12.6. The number of hydrogen-bond donors (Lipinski definition) is 1. The Hall–Kier alpha value is -2.17. The van der Waals surface area contributed by atoms with Gasteiger partial charge in [-0.1, -0.05) is 6.08 Å². The molecular weight excluding hydrogens is 206 g/mol. The molecule has 0 bridgehead atoms. The Labute approximate surface area is 92.5 Å². The van der Waals surface area contributed by atoms with Gasteiger partial charge in [0.2, 0.25) is 0 Å². The van der Waals surface area contributed by atoms with E-state index in [1.54, 1.807) is 0 Å². The molecule has 0 aromatic carbocycles. The highest BCUT2D eigenvalue weighted by atomic mass is 16.2. The summed E-state index contributed by atoms with van der Waals surface area (Å²) >= 11 is 0. The van der Waals surface area contributed by atoms with Crippen LogP contribution in [0, 0.1) is 0 Å². The highest BCUT2D eigenvalue weighted by Crippen LogP contribution is 2.12. The first kappa shape index (κ1) is 11.9. The van der Waals surface area contributed by atoms with Crippen LogP contribution in [0.25, 0.3) is 5.70 Å². The van der Waals surface area contributed by atoms with Crippen LogP contribution in [0.1, 0.15) is 13.8 Å². The van der Waals surface area contributed by atoms with Crippen molar-refractivity contribution >= 4 is 12.4 Å². The third-order valence-electron chi connectivity index (χ3n) is 2.13. The van der Waals surface area contributed by atoms with E-state index in [0.29, 0.717) is 5.70 Å². The van der Waals surface area contributed by atoms with E-state index in [-0.39, 0.29) is 0 Å². The number of nitrogens with one attached hydrogen (secondary N) is 1.